The van der Waals surface area contributed by atoms with Crippen LogP contribution in [0, 0.1) is 0 Å². The van der Waals surface area contributed by atoms with Crippen LogP contribution in [0.1, 0.15) is 0 Å². The average molecular weight is 806 g/mol. The Balaban J connectivity index is 1.07. The van der Waals surface area contributed by atoms with Crippen molar-refractivity contribution in [2.24, 2.45) is 0 Å². The molecule has 0 aliphatic rings. The molecule has 290 valence electrons. The van der Waals surface area contributed by atoms with E-state index in [1.165, 1.54) is 97.0 Å². The van der Waals surface area contributed by atoms with Crippen molar-refractivity contribution in [3.8, 4) is 44.5 Å². The van der Waals surface area contributed by atoms with E-state index in [0.717, 1.165) is 17.1 Å². The number of anilines is 3. The van der Waals surface area contributed by atoms with Gasteiger partial charge in [0.05, 0.1) is 5.69 Å². The summed E-state index contributed by atoms with van der Waals surface area (Å²) >= 11 is 1.87. The van der Waals surface area contributed by atoms with E-state index in [2.05, 4.69) is 241 Å². The van der Waals surface area contributed by atoms with Gasteiger partial charge in [-0.2, -0.15) is 0 Å². The molecule has 1 aromatic heterocycles. The van der Waals surface area contributed by atoms with E-state index in [4.69, 9.17) is 0 Å². The lowest BCUT2D eigenvalue weighted by atomic mass is 9.90. The molecular weight excluding hydrogens is 767 g/mol. The Bertz CT molecular complexity index is 3610. The number of para-hydroxylation sites is 1. The van der Waals surface area contributed by atoms with Crippen LogP contribution in [0.3, 0.4) is 0 Å². The summed E-state index contributed by atoms with van der Waals surface area (Å²) in [4.78, 5) is 2.46. The number of rotatable bonds is 7. The van der Waals surface area contributed by atoms with Crippen molar-refractivity contribution < 1.29 is 0 Å². The Morgan fingerprint density at radius 1 is 0.274 bits per heavy atom. The summed E-state index contributed by atoms with van der Waals surface area (Å²) in [6, 6.07) is 86.7. The molecule has 0 spiro atoms. The Morgan fingerprint density at radius 2 is 0.790 bits per heavy atom. The van der Waals surface area contributed by atoms with Gasteiger partial charge in [-0.25, -0.2) is 0 Å². The van der Waals surface area contributed by atoms with Crippen LogP contribution in [0.4, 0.5) is 17.1 Å². The Morgan fingerprint density at radius 3 is 1.45 bits per heavy atom. The highest BCUT2D eigenvalue weighted by Gasteiger charge is 2.21. The topological polar surface area (TPSA) is 3.24 Å². The monoisotopic (exact) mass is 805 g/mol. The lowest BCUT2D eigenvalue weighted by molar-refractivity contribution is 1.29. The van der Waals surface area contributed by atoms with Gasteiger partial charge in [0.25, 0.3) is 0 Å². The third-order valence-corrected chi connectivity index (χ3v) is 13.6. The molecule has 1 heterocycles. The Labute approximate surface area is 365 Å². The van der Waals surface area contributed by atoms with E-state index in [-0.39, 0.29) is 0 Å². The van der Waals surface area contributed by atoms with Crippen molar-refractivity contribution in [1.82, 2.24) is 0 Å². The van der Waals surface area contributed by atoms with Crippen LogP contribution in [0.2, 0.25) is 0 Å². The van der Waals surface area contributed by atoms with Crippen LogP contribution >= 0.6 is 11.3 Å². The normalized spacial score (nSPS) is 11.5. The van der Waals surface area contributed by atoms with Crippen molar-refractivity contribution in [2.75, 3.05) is 4.90 Å². The molecule has 12 aromatic rings. The standard InChI is InChI=1S/C60H39NS/c1-3-15-40(16-4-1)48-25-11-19-43-20-12-27-50(58(43)48)42-31-34-46(35-32-42)61(47-36-37-51-45(39-47)33-38-57-60(51)54-24-8-10-30-56(54)62-57)55-29-9-7-23-52(55)53-28-14-22-44-21-13-26-49(59(44)53)41-17-5-2-6-18-41/h1-39H. The summed E-state index contributed by atoms with van der Waals surface area (Å²) in [6.45, 7) is 0. The minimum atomic E-state index is 1.09. The molecule has 0 N–H and O–H groups in total. The summed E-state index contributed by atoms with van der Waals surface area (Å²) < 4.78 is 2.64. The van der Waals surface area contributed by atoms with Gasteiger partial charge < -0.3 is 4.90 Å². The van der Waals surface area contributed by atoms with E-state index < -0.39 is 0 Å². The third-order valence-electron chi connectivity index (χ3n) is 12.5. The lowest BCUT2D eigenvalue weighted by Crippen LogP contribution is -2.11. The molecule has 0 amide bonds. The first kappa shape index (κ1) is 36.1. The number of hydrogen-bond acceptors (Lipinski definition) is 2. The molecule has 0 atom stereocenters. The van der Waals surface area contributed by atoms with Gasteiger partial charge in [-0.3, -0.25) is 0 Å². The van der Waals surface area contributed by atoms with E-state index in [1.54, 1.807) is 0 Å². The van der Waals surface area contributed by atoms with Gasteiger partial charge in [-0.15, -0.1) is 11.3 Å². The van der Waals surface area contributed by atoms with Crippen LogP contribution in [-0.2, 0) is 0 Å². The fourth-order valence-electron chi connectivity index (χ4n) is 9.66. The first-order valence-corrected chi connectivity index (χ1v) is 22.1. The first-order chi connectivity index (χ1) is 30.8. The molecule has 0 unspecified atom stereocenters. The maximum atomic E-state index is 2.46. The smallest absolute Gasteiger partial charge is 0.0540 e. The maximum Gasteiger partial charge on any atom is 0.0540 e. The van der Waals surface area contributed by atoms with Crippen molar-refractivity contribution in [3.63, 3.8) is 0 Å². The fraction of sp³-hybridized carbons (Fsp3) is 0. The fourth-order valence-corrected chi connectivity index (χ4v) is 10.8. The number of benzene rings is 11. The summed E-state index contributed by atoms with van der Waals surface area (Å²) in [7, 11) is 0. The van der Waals surface area contributed by atoms with E-state index in [9.17, 15) is 0 Å². The predicted molar refractivity (Wildman–Crippen MR) is 268 cm³/mol. The number of thiophene rings is 1. The second kappa shape index (κ2) is 15.0. The van der Waals surface area contributed by atoms with E-state index in [1.807, 2.05) is 11.3 Å². The second-order valence-electron chi connectivity index (χ2n) is 16.0. The highest BCUT2D eigenvalue weighted by atomic mass is 32.1. The van der Waals surface area contributed by atoms with Gasteiger partial charge in [-0.05, 0) is 114 Å². The van der Waals surface area contributed by atoms with Crippen molar-refractivity contribution >= 4 is 80.9 Å². The number of hydrogen-bond donors (Lipinski definition) is 0. The van der Waals surface area contributed by atoms with Gasteiger partial charge in [0.2, 0.25) is 0 Å². The molecule has 0 aliphatic heterocycles. The van der Waals surface area contributed by atoms with Gasteiger partial charge in [0.1, 0.15) is 0 Å². The zero-order valence-corrected chi connectivity index (χ0v) is 34.7. The highest BCUT2D eigenvalue weighted by molar-refractivity contribution is 7.26. The molecule has 0 fully saturated rings. The summed E-state index contributed by atoms with van der Waals surface area (Å²) in [5.41, 5.74) is 13.0. The summed E-state index contributed by atoms with van der Waals surface area (Å²) in [6.07, 6.45) is 0. The summed E-state index contributed by atoms with van der Waals surface area (Å²) in [5, 5.41) is 10.1. The molecule has 12 rings (SSSR count). The molecule has 0 saturated heterocycles. The Kier molecular flexibility index (Phi) is 8.76. The van der Waals surface area contributed by atoms with Crippen molar-refractivity contribution in [2.45, 2.75) is 0 Å². The van der Waals surface area contributed by atoms with Crippen LogP contribution in [0.5, 0.6) is 0 Å². The van der Waals surface area contributed by atoms with Gasteiger partial charge in [-0.1, -0.05) is 194 Å². The van der Waals surface area contributed by atoms with Crippen LogP contribution < -0.4 is 4.90 Å². The minimum Gasteiger partial charge on any atom is -0.310 e. The lowest BCUT2D eigenvalue weighted by Gasteiger charge is -2.29. The molecule has 11 aromatic carbocycles. The predicted octanol–water partition coefficient (Wildman–Crippen LogP) is 17.7. The van der Waals surface area contributed by atoms with Gasteiger partial charge >= 0.3 is 0 Å². The van der Waals surface area contributed by atoms with Crippen LogP contribution in [0.25, 0.3) is 97.0 Å². The largest absolute Gasteiger partial charge is 0.310 e. The molecule has 2 heteroatoms. The zero-order valence-electron chi connectivity index (χ0n) is 33.9. The molecule has 0 radical (unpaired) electrons. The van der Waals surface area contributed by atoms with Crippen molar-refractivity contribution in [3.05, 3.63) is 237 Å². The molecule has 62 heavy (non-hydrogen) atoms. The zero-order chi connectivity index (χ0) is 41.0. The average Bonchev–Trinajstić information content (AvgIpc) is 3.74. The van der Waals surface area contributed by atoms with E-state index >= 15 is 0 Å². The van der Waals surface area contributed by atoms with Gasteiger partial charge in [0, 0.05) is 37.1 Å². The quantitative estimate of drug-likeness (QED) is 0.155. The molecule has 0 bridgehead atoms. The van der Waals surface area contributed by atoms with Crippen molar-refractivity contribution in [1.29, 1.82) is 0 Å². The SMILES string of the molecule is c1ccc(-c2cccc3cccc(-c4ccc(N(c5ccc6c(ccc7sc8ccccc8c76)c5)c5ccccc5-c5cccc6cccc(-c7ccccc7)c56)cc4)c23)cc1. The number of fused-ring (bicyclic) bond motifs is 7. The summed E-state index contributed by atoms with van der Waals surface area (Å²) in [5.74, 6) is 0. The molecule has 0 saturated carbocycles. The maximum absolute atomic E-state index is 2.46. The minimum absolute atomic E-state index is 1.09. The highest BCUT2D eigenvalue weighted by Crippen LogP contribution is 2.47. The third kappa shape index (κ3) is 6.07. The van der Waals surface area contributed by atoms with Gasteiger partial charge in [0.15, 0.2) is 0 Å². The van der Waals surface area contributed by atoms with Crippen LogP contribution in [0.15, 0.2) is 237 Å². The molecular formula is C60H39NS. The first-order valence-electron chi connectivity index (χ1n) is 21.3. The Hall–Kier alpha value is -7.78. The van der Waals surface area contributed by atoms with E-state index in [0.29, 0.717) is 0 Å². The second-order valence-corrected chi connectivity index (χ2v) is 17.1. The van der Waals surface area contributed by atoms with Crippen LogP contribution in [-0.4, -0.2) is 0 Å². The molecule has 1 nitrogen and oxygen atoms in total. The molecule has 0 aliphatic carbocycles. The number of nitrogens with zero attached hydrogens (tertiary/aromatic N) is 1.